The molecule has 0 aliphatic rings. The van der Waals surface area contributed by atoms with Crippen molar-refractivity contribution >= 4 is 29.3 Å². The van der Waals surface area contributed by atoms with Crippen molar-refractivity contribution in [3.8, 4) is 0 Å². The van der Waals surface area contributed by atoms with Gasteiger partial charge in [0.2, 0.25) is 0 Å². The van der Waals surface area contributed by atoms with E-state index in [4.69, 9.17) is 16.7 Å². The third-order valence-corrected chi connectivity index (χ3v) is 6.94. The minimum absolute atomic E-state index is 0.204. The van der Waals surface area contributed by atoms with Crippen LogP contribution in [0.15, 0.2) is 78.9 Å². The highest BCUT2D eigenvalue weighted by Gasteiger charge is 2.38. The average Bonchev–Trinajstić information content (AvgIpc) is 2.73. The molecule has 0 aliphatic heterocycles. The Balaban J connectivity index is 2.10. The lowest BCUT2D eigenvalue weighted by molar-refractivity contribution is -0.137. The minimum Gasteiger partial charge on any atom is -0.481 e. The zero-order chi connectivity index (χ0) is 20.7. The minimum atomic E-state index is -0.742. The van der Waals surface area contributed by atoms with Gasteiger partial charge in [-0.2, -0.15) is 0 Å². The van der Waals surface area contributed by atoms with Crippen molar-refractivity contribution in [2.75, 3.05) is 5.75 Å². The number of benzene rings is 3. The van der Waals surface area contributed by atoms with E-state index in [1.54, 1.807) is 0 Å². The van der Waals surface area contributed by atoms with Gasteiger partial charge in [-0.3, -0.25) is 4.79 Å². The summed E-state index contributed by atoms with van der Waals surface area (Å²) in [5.74, 6) is 0.0929. The average molecular weight is 425 g/mol. The molecule has 1 N–H and O–H groups in total. The van der Waals surface area contributed by atoms with Crippen LogP contribution in [0.2, 0.25) is 5.02 Å². The summed E-state index contributed by atoms with van der Waals surface area (Å²) in [7, 11) is 0. The van der Waals surface area contributed by atoms with Crippen LogP contribution in [0, 0.1) is 6.92 Å². The zero-order valence-electron chi connectivity index (χ0n) is 16.5. The topological polar surface area (TPSA) is 37.3 Å². The van der Waals surface area contributed by atoms with E-state index in [0.717, 1.165) is 22.8 Å². The number of thioether (sulfide) groups is 1. The van der Waals surface area contributed by atoms with E-state index in [0.29, 0.717) is 6.42 Å². The molecule has 0 saturated carbocycles. The Kier molecular flexibility index (Phi) is 7.40. The molecule has 0 radical (unpaired) electrons. The lowest BCUT2D eigenvalue weighted by Gasteiger charge is -2.36. The molecule has 0 saturated heterocycles. The number of carbonyl (C=O) groups is 1. The third-order valence-electron chi connectivity index (χ3n) is 5.00. The molecule has 3 rings (SSSR count). The first-order valence-corrected chi connectivity index (χ1v) is 11.1. The van der Waals surface area contributed by atoms with E-state index in [1.165, 1.54) is 16.7 Å². The highest BCUT2D eigenvalue weighted by atomic mass is 35.5. The predicted molar refractivity (Wildman–Crippen MR) is 123 cm³/mol. The van der Waals surface area contributed by atoms with Crippen LogP contribution in [0.1, 0.15) is 41.5 Å². The molecule has 29 heavy (non-hydrogen) atoms. The van der Waals surface area contributed by atoms with E-state index in [1.807, 2.05) is 36.0 Å². The lowest BCUT2D eigenvalue weighted by atomic mass is 9.83. The maximum Gasteiger partial charge on any atom is 0.303 e. The Hall–Kier alpha value is -2.23. The molecule has 0 fully saturated rings. The van der Waals surface area contributed by atoms with Crippen molar-refractivity contribution in [2.24, 2.45) is 0 Å². The van der Waals surface area contributed by atoms with Gasteiger partial charge in [0.15, 0.2) is 0 Å². The number of carboxylic acid groups (broad SMARTS) is 1. The van der Waals surface area contributed by atoms with Crippen LogP contribution >= 0.6 is 23.4 Å². The number of carboxylic acids is 1. The molecule has 2 nitrogen and oxygen atoms in total. The zero-order valence-corrected chi connectivity index (χ0v) is 18.0. The molecule has 3 aromatic carbocycles. The number of unbranched alkanes of at least 4 members (excludes halogenated alkanes) is 1. The predicted octanol–water partition coefficient (Wildman–Crippen LogP) is 6.93. The van der Waals surface area contributed by atoms with E-state index < -0.39 is 10.7 Å². The van der Waals surface area contributed by atoms with Crippen molar-refractivity contribution < 1.29 is 9.90 Å². The van der Waals surface area contributed by atoms with Gasteiger partial charge in [0, 0.05) is 11.4 Å². The molecule has 0 aromatic heterocycles. The summed E-state index contributed by atoms with van der Waals surface area (Å²) in [4.78, 5) is 10.9. The lowest BCUT2D eigenvalue weighted by Crippen LogP contribution is -2.26. The SMILES string of the molecule is Cc1ccc(C(SCCCCC(=O)O)(c2ccccc2)c2ccccc2Cl)cc1. The Labute approximate surface area is 181 Å². The molecule has 1 unspecified atom stereocenters. The monoisotopic (exact) mass is 424 g/mol. The molecule has 0 spiro atoms. The summed E-state index contributed by atoms with van der Waals surface area (Å²) in [6.45, 7) is 2.09. The Morgan fingerprint density at radius 3 is 2.17 bits per heavy atom. The maximum absolute atomic E-state index is 10.9. The summed E-state index contributed by atoms with van der Waals surface area (Å²) in [5.41, 5.74) is 4.60. The second-order valence-corrected chi connectivity index (χ2v) is 8.81. The fraction of sp³-hybridized carbons (Fsp3) is 0.240. The van der Waals surface area contributed by atoms with Crippen LogP contribution in [0.5, 0.6) is 0 Å². The van der Waals surface area contributed by atoms with Crippen LogP contribution in [-0.2, 0) is 9.54 Å². The number of rotatable bonds is 9. The Bertz CT molecular complexity index is 941. The fourth-order valence-electron chi connectivity index (χ4n) is 3.53. The molecule has 150 valence electrons. The van der Waals surface area contributed by atoms with Crippen LogP contribution in [0.25, 0.3) is 0 Å². The highest BCUT2D eigenvalue weighted by Crippen LogP contribution is 2.50. The fourth-order valence-corrected chi connectivity index (χ4v) is 5.46. The van der Waals surface area contributed by atoms with E-state index >= 15 is 0 Å². The van der Waals surface area contributed by atoms with E-state index in [-0.39, 0.29) is 6.42 Å². The molecule has 0 aliphatic carbocycles. The number of aryl methyl sites for hydroxylation is 1. The number of hydrogen-bond donors (Lipinski definition) is 1. The first-order valence-electron chi connectivity index (χ1n) is 9.77. The molecule has 3 aromatic rings. The van der Waals surface area contributed by atoms with Gasteiger partial charge < -0.3 is 5.11 Å². The van der Waals surface area contributed by atoms with E-state index in [9.17, 15) is 4.79 Å². The largest absolute Gasteiger partial charge is 0.481 e. The second-order valence-electron chi connectivity index (χ2n) is 7.09. The van der Waals surface area contributed by atoms with E-state index in [2.05, 4.69) is 61.5 Å². The van der Waals surface area contributed by atoms with Gasteiger partial charge in [-0.25, -0.2) is 0 Å². The van der Waals surface area contributed by atoms with Gasteiger partial charge in [-0.05, 0) is 48.3 Å². The van der Waals surface area contributed by atoms with Gasteiger partial charge in [-0.15, -0.1) is 11.8 Å². The summed E-state index contributed by atoms with van der Waals surface area (Å²) < 4.78 is -0.462. The van der Waals surface area contributed by atoms with Gasteiger partial charge in [0.25, 0.3) is 0 Å². The third kappa shape index (κ3) is 5.04. The Morgan fingerprint density at radius 1 is 0.897 bits per heavy atom. The van der Waals surface area contributed by atoms with Gasteiger partial charge >= 0.3 is 5.97 Å². The summed E-state index contributed by atoms with van der Waals surface area (Å²) in [6.07, 6.45) is 1.71. The standard InChI is InChI=1S/C25H25ClO2S/c1-19-14-16-21(17-15-19)25(20-9-3-2-4-10-20,22-11-5-6-12-23(22)26)29-18-8-7-13-24(27)28/h2-6,9-12,14-17H,7-8,13,18H2,1H3,(H,27,28). The first-order chi connectivity index (χ1) is 14.0. The number of aliphatic carboxylic acids is 1. The molecule has 0 heterocycles. The Morgan fingerprint density at radius 2 is 1.52 bits per heavy atom. The summed E-state index contributed by atoms with van der Waals surface area (Å²) in [6, 6.07) is 27.1. The van der Waals surface area contributed by atoms with Gasteiger partial charge in [0.05, 0.1) is 4.75 Å². The summed E-state index contributed by atoms with van der Waals surface area (Å²) >= 11 is 8.55. The summed E-state index contributed by atoms with van der Waals surface area (Å²) in [5, 5.41) is 9.68. The van der Waals surface area contributed by atoms with Crippen LogP contribution < -0.4 is 0 Å². The first kappa shape index (κ1) is 21.5. The normalized spacial score (nSPS) is 13.0. The highest BCUT2D eigenvalue weighted by molar-refractivity contribution is 8.00. The van der Waals surface area contributed by atoms with Crippen LogP contribution in [-0.4, -0.2) is 16.8 Å². The molecule has 0 bridgehead atoms. The van der Waals surface area contributed by atoms with Crippen molar-refractivity contribution in [1.82, 2.24) is 0 Å². The van der Waals surface area contributed by atoms with Gasteiger partial charge in [0.1, 0.15) is 0 Å². The molecular formula is C25H25ClO2S. The molecule has 0 amide bonds. The quantitative estimate of drug-likeness (QED) is 0.299. The van der Waals surface area contributed by atoms with Crippen molar-refractivity contribution in [3.63, 3.8) is 0 Å². The van der Waals surface area contributed by atoms with Crippen LogP contribution in [0.3, 0.4) is 0 Å². The number of hydrogen-bond acceptors (Lipinski definition) is 2. The van der Waals surface area contributed by atoms with Crippen LogP contribution in [0.4, 0.5) is 0 Å². The van der Waals surface area contributed by atoms with Crippen molar-refractivity contribution in [1.29, 1.82) is 0 Å². The molecular weight excluding hydrogens is 400 g/mol. The molecule has 4 heteroatoms. The van der Waals surface area contributed by atoms with Crippen molar-refractivity contribution in [2.45, 2.75) is 30.9 Å². The smallest absolute Gasteiger partial charge is 0.303 e. The maximum atomic E-state index is 10.9. The molecule has 1 atom stereocenters. The number of halogens is 1. The van der Waals surface area contributed by atoms with Crippen molar-refractivity contribution in [3.05, 3.63) is 106 Å². The second kappa shape index (κ2) is 10.00. The van der Waals surface area contributed by atoms with Gasteiger partial charge in [-0.1, -0.05) is 90.0 Å².